The van der Waals surface area contributed by atoms with E-state index in [0.717, 1.165) is 25.4 Å². The Balaban J connectivity index is 3.44. The Labute approximate surface area is 94.9 Å². The average Bonchev–Trinajstić information content (AvgIpc) is 2.32. The van der Waals surface area contributed by atoms with E-state index >= 15 is 0 Å². The fourth-order valence-corrected chi connectivity index (χ4v) is 1.21. The van der Waals surface area contributed by atoms with Crippen molar-refractivity contribution < 1.29 is 14.4 Å². The van der Waals surface area contributed by atoms with Gasteiger partial charge >= 0.3 is 0 Å². The van der Waals surface area contributed by atoms with Gasteiger partial charge in [0, 0.05) is 6.54 Å². The van der Waals surface area contributed by atoms with E-state index in [0.29, 0.717) is 13.0 Å². The lowest BCUT2D eigenvalue weighted by molar-refractivity contribution is -0.119. The Bertz CT molecular complexity index is 221. The molecule has 0 aromatic rings. The quantitative estimate of drug-likeness (QED) is 0.315. The highest BCUT2D eigenvalue weighted by atomic mass is 16.1. The van der Waals surface area contributed by atoms with Gasteiger partial charge in [0.25, 0.3) is 0 Å². The van der Waals surface area contributed by atoms with Crippen molar-refractivity contribution in [2.24, 2.45) is 5.73 Å². The van der Waals surface area contributed by atoms with Crippen molar-refractivity contribution in [1.82, 2.24) is 10.6 Å². The summed E-state index contributed by atoms with van der Waals surface area (Å²) in [5, 5.41) is 5.42. The summed E-state index contributed by atoms with van der Waals surface area (Å²) in [6.45, 7) is 0.750. The molecular formula is C10H19N3O3. The van der Waals surface area contributed by atoms with Crippen LogP contribution >= 0.6 is 0 Å². The molecule has 0 fully saturated rings. The van der Waals surface area contributed by atoms with Crippen LogP contribution in [0.5, 0.6) is 0 Å². The fourth-order valence-electron chi connectivity index (χ4n) is 1.21. The molecule has 0 saturated carbocycles. The molecule has 0 aliphatic heterocycles. The van der Waals surface area contributed by atoms with Crippen LogP contribution in [0.3, 0.4) is 0 Å². The fraction of sp³-hybridized carbons (Fsp3) is 0.700. The van der Waals surface area contributed by atoms with Crippen molar-refractivity contribution in [3.8, 4) is 0 Å². The van der Waals surface area contributed by atoms with Crippen molar-refractivity contribution in [1.29, 1.82) is 0 Å². The molecular weight excluding hydrogens is 210 g/mol. The molecule has 0 radical (unpaired) electrons. The van der Waals surface area contributed by atoms with Gasteiger partial charge in [0.15, 0.2) is 0 Å². The van der Waals surface area contributed by atoms with E-state index in [-0.39, 0.29) is 25.0 Å². The van der Waals surface area contributed by atoms with Crippen LogP contribution in [0.25, 0.3) is 0 Å². The largest absolute Gasteiger partial charge is 0.355 e. The number of aldehydes is 2. The number of hydrogen-bond acceptors (Lipinski definition) is 5. The second-order valence-electron chi connectivity index (χ2n) is 3.37. The predicted molar refractivity (Wildman–Crippen MR) is 59.8 cm³/mol. The maximum Gasteiger partial charge on any atom is 0.233 e. The van der Waals surface area contributed by atoms with Gasteiger partial charge < -0.3 is 26.0 Å². The van der Waals surface area contributed by atoms with E-state index in [2.05, 4.69) is 10.6 Å². The molecule has 0 saturated heterocycles. The first kappa shape index (κ1) is 14.7. The van der Waals surface area contributed by atoms with Crippen LogP contribution in [0, 0.1) is 0 Å². The highest BCUT2D eigenvalue weighted by molar-refractivity contribution is 5.77. The van der Waals surface area contributed by atoms with Gasteiger partial charge in [0.1, 0.15) is 12.6 Å². The van der Waals surface area contributed by atoms with E-state index in [4.69, 9.17) is 5.73 Å². The third-order valence-corrected chi connectivity index (χ3v) is 2.08. The van der Waals surface area contributed by atoms with Gasteiger partial charge in [0.05, 0.1) is 19.1 Å². The third kappa shape index (κ3) is 8.07. The van der Waals surface area contributed by atoms with Gasteiger partial charge in [-0.05, 0) is 19.3 Å². The first-order valence-corrected chi connectivity index (χ1v) is 5.33. The van der Waals surface area contributed by atoms with Crippen molar-refractivity contribution >= 4 is 18.5 Å². The monoisotopic (exact) mass is 229 g/mol. The Morgan fingerprint density at radius 3 is 2.62 bits per heavy atom. The molecule has 0 rings (SSSR count). The van der Waals surface area contributed by atoms with Gasteiger partial charge in [-0.15, -0.1) is 0 Å². The zero-order valence-electron chi connectivity index (χ0n) is 9.28. The van der Waals surface area contributed by atoms with E-state index in [1.807, 2.05) is 0 Å². The van der Waals surface area contributed by atoms with Gasteiger partial charge in [-0.1, -0.05) is 0 Å². The molecule has 0 spiro atoms. The Hall–Kier alpha value is -1.27. The highest BCUT2D eigenvalue weighted by Gasteiger charge is 2.05. The zero-order valence-corrected chi connectivity index (χ0v) is 9.28. The molecule has 0 aromatic heterocycles. The zero-order chi connectivity index (χ0) is 12.2. The summed E-state index contributed by atoms with van der Waals surface area (Å²) in [5.74, 6) is -0.175. The van der Waals surface area contributed by atoms with Crippen molar-refractivity contribution in [3.63, 3.8) is 0 Å². The molecule has 1 atom stereocenters. The Morgan fingerprint density at radius 1 is 1.31 bits per heavy atom. The summed E-state index contributed by atoms with van der Waals surface area (Å²) in [5.41, 5.74) is 5.11. The molecule has 6 nitrogen and oxygen atoms in total. The smallest absolute Gasteiger partial charge is 0.233 e. The van der Waals surface area contributed by atoms with Crippen LogP contribution < -0.4 is 16.4 Å². The lowest BCUT2D eigenvalue weighted by Gasteiger charge is -2.10. The van der Waals surface area contributed by atoms with E-state index in [1.165, 1.54) is 0 Å². The molecule has 0 aliphatic carbocycles. The van der Waals surface area contributed by atoms with Gasteiger partial charge in [-0.25, -0.2) is 0 Å². The predicted octanol–water partition coefficient (Wildman–Crippen LogP) is -1.41. The molecule has 16 heavy (non-hydrogen) atoms. The van der Waals surface area contributed by atoms with Gasteiger partial charge in [-0.2, -0.15) is 0 Å². The van der Waals surface area contributed by atoms with Gasteiger partial charge in [0.2, 0.25) is 5.91 Å². The standard InChI is InChI=1S/C10H19N3O3/c11-7-10(16)13-4-2-1-3-9(8-15)12-5-6-14/h6,8-9,12H,1-5,7,11H2,(H,13,16). The molecule has 0 aromatic carbocycles. The van der Waals surface area contributed by atoms with E-state index in [1.54, 1.807) is 0 Å². The van der Waals surface area contributed by atoms with Crippen molar-refractivity contribution in [2.75, 3.05) is 19.6 Å². The number of hydrogen-bond donors (Lipinski definition) is 3. The molecule has 0 aliphatic rings. The van der Waals surface area contributed by atoms with Crippen LogP contribution in [-0.4, -0.2) is 44.2 Å². The van der Waals surface area contributed by atoms with Crippen LogP contribution in [0.4, 0.5) is 0 Å². The summed E-state index contributed by atoms with van der Waals surface area (Å²) in [6, 6.07) is -0.282. The van der Waals surface area contributed by atoms with Crippen LogP contribution in [0.2, 0.25) is 0 Å². The van der Waals surface area contributed by atoms with Crippen LogP contribution in [-0.2, 0) is 14.4 Å². The second-order valence-corrected chi connectivity index (χ2v) is 3.37. The number of carbonyl (C=O) groups excluding carboxylic acids is 3. The summed E-state index contributed by atoms with van der Waals surface area (Å²) < 4.78 is 0. The van der Waals surface area contributed by atoms with E-state index in [9.17, 15) is 14.4 Å². The minimum atomic E-state index is -0.282. The number of rotatable bonds is 10. The highest BCUT2D eigenvalue weighted by Crippen LogP contribution is 1.98. The summed E-state index contributed by atoms with van der Waals surface area (Å²) in [7, 11) is 0. The molecule has 92 valence electrons. The maximum atomic E-state index is 10.8. The lowest BCUT2D eigenvalue weighted by Crippen LogP contribution is -2.33. The minimum Gasteiger partial charge on any atom is -0.355 e. The third-order valence-electron chi connectivity index (χ3n) is 2.08. The topological polar surface area (TPSA) is 101 Å². The molecule has 1 unspecified atom stereocenters. The summed E-state index contributed by atoms with van der Waals surface area (Å²) >= 11 is 0. The molecule has 6 heteroatoms. The molecule has 0 bridgehead atoms. The van der Waals surface area contributed by atoms with Crippen molar-refractivity contribution in [2.45, 2.75) is 25.3 Å². The SMILES string of the molecule is NCC(=O)NCCCCC(C=O)NCC=O. The minimum absolute atomic E-state index is 0.00213. The second kappa shape index (κ2) is 10.3. The number of unbranched alkanes of at least 4 members (excludes halogenated alkanes) is 1. The van der Waals surface area contributed by atoms with Gasteiger partial charge in [-0.3, -0.25) is 4.79 Å². The summed E-state index contributed by atoms with van der Waals surface area (Å²) in [4.78, 5) is 31.4. The lowest BCUT2D eigenvalue weighted by atomic mass is 10.1. The van der Waals surface area contributed by atoms with Crippen LogP contribution in [0.1, 0.15) is 19.3 Å². The maximum absolute atomic E-state index is 10.8. The number of nitrogens with one attached hydrogen (secondary N) is 2. The Morgan fingerprint density at radius 2 is 2.06 bits per heavy atom. The number of nitrogens with two attached hydrogens (primary N) is 1. The van der Waals surface area contributed by atoms with Crippen LogP contribution in [0.15, 0.2) is 0 Å². The summed E-state index contributed by atoms with van der Waals surface area (Å²) in [6.07, 6.45) is 3.77. The number of carbonyl (C=O) groups is 3. The first-order valence-electron chi connectivity index (χ1n) is 5.33. The molecule has 0 heterocycles. The van der Waals surface area contributed by atoms with Crippen molar-refractivity contribution in [3.05, 3.63) is 0 Å². The van der Waals surface area contributed by atoms with E-state index < -0.39 is 0 Å². The molecule has 1 amide bonds. The normalized spacial score (nSPS) is 11.8. The molecule has 4 N–H and O–H groups in total. The first-order chi connectivity index (χ1) is 7.74. The Kier molecular flexibility index (Phi) is 9.44. The average molecular weight is 229 g/mol. The number of amides is 1.